The Morgan fingerprint density at radius 2 is 1.71 bits per heavy atom. The number of hydrogen-bond donors (Lipinski definition) is 0. The third-order valence-corrected chi connectivity index (χ3v) is 2.77. The van der Waals surface area contributed by atoms with Crippen molar-refractivity contribution in [1.29, 1.82) is 0 Å². The van der Waals surface area contributed by atoms with Crippen molar-refractivity contribution in [2.75, 3.05) is 0 Å². The van der Waals surface area contributed by atoms with Gasteiger partial charge in [-0.2, -0.15) is 6.08 Å². The maximum Gasteiger partial charge on any atom is 0 e. The molecule has 0 heterocycles. The average molecular weight is 397 g/mol. The fourth-order valence-corrected chi connectivity index (χ4v) is 2.12. The van der Waals surface area contributed by atoms with Crippen LogP contribution >= 0.6 is 0 Å². The minimum atomic E-state index is 0. The van der Waals surface area contributed by atoms with Gasteiger partial charge in [0.15, 0.2) is 0 Å². The molecule has 0 spiro atoms. The van der Waals surface area contributed by atoms with Crippen LogP contribution in [0.1, 0.15) is 38.5 Å². The van der Waals surface area contributed by atoms with Gasteiger partial charge in [0.25, 0.3) is 0 Å². The van der Waals surface area contributed by atoms with Crippen LogP contribution in [-0.2, 0) is 25.8 Å². The minimum absolute atomic E-state index is 0. The van der Waals surface area contributed by atoms with Gasteiger partial charge >= 0.3 is 0 Å². The van der Waals surface area contributed by atoms with Gasteiger partial charge in [0.2, 0.25) is 0 Å². The summed E-state index contributed by atoms with van der Waals surface area (Å²) in [5.74, 6) is 0.863. The first-order valence-corrected chi connectivity index (χ1v) is 4.74. The van der Waals surface area contributed by atoms with E-state index in [9.17, 15) is 0 Å². The number of rotatable bonds is 1. The molecule has 0 radical (unpaired) electrons. The normalized spacial score (nSPS) is 20.1. The van der Waals surface area contributed by atoms with E-state index in [-0.39, 0.29) is 50.7 Å². The van der Waals surface area contributed by atoms with Crippen molar-refractivity contribution >= 4 is 0 Å². The molecular formula is C11H15Cl2Hf-3. The fraction of sp³-hybridized carbons (Fsp3) is 0.636. The first-order chi connectivity index (χ1) is 5.47. The van der Waals surface area contributed by atoms with Gasteiger partial charge in [0, 0.05) is 25.8 Å². The van der Waals surface area contributed by atoms with Crippen molar-refractivity contribution in [1.82, 2.24) is 0 Å². The molecule has 3 heteroatoms. The maximum atomic E-state index is 3.43. The summed E-state index contributed by atoms with van der Waals surface area (Å²) >= 11 is 0. The molecule has 2 rings (SSSR count). The third kappa shape index (κ3) is 4.63. The third-order valence-electron chi connectivity index (χ3n) is 2.77. The molecule has 2 aliphatic rings. The summed E-state index contributed by atoms with van der Waals surface area (Å²) in [7, 11) is 0. The average Bonchev–Trinajstić information content (AvgIpc) is 2.58. The molecule has 80 valence electrons. The van der Waals surface area contributed by atoms with Crippen molar-refractivity contribution < 1.29 is 50.7 Å². The number of allylic oxidation sites excluding steroid dienone is 4. The Kier molecular flexibility index (Phi) is 11.4. The molecule has 0 saturated heterocycles. The van der Waals surface area contributed by atoms with Gasteiger partial charge in [-0.05, 0) is 18.8 Å². The molecule has 0 aliphatic heterocycles. The Balaban J connectivity index is 0. The molecule has 0 N–H and O–H groups in total. The van der Waals surface area contributed by atoms with E-state index in [0.717, 1.165) is 12.3 Å². The monoisotopic (exact) mass is 397 g/mol. The zero-order valence-electron chi connectivity index (χ0n) is 8.23. The summed E-state index contributed by atoms with van der Waals surface area (Å²) in [5.41, 5.74) is 1.50. The second kappa shape index (κ2) is 9.18. The summed E-state index contributed by atoms with van der Waals surface area (Å²) in [5, 5.41) is 0. The van der Waals surface area contributed by atoms with Crippen LogP contribution in [0.15, 0.2) is 17.7 Å². The van der Waals surface area contributed by atoms with Crippen LogP contribution in [0.5, 0.6) is 0 Å². The quantitative estimate of drug-likeness (QED) is 0.333. The molecule has 14 heavy (non-hydrogen) atoms. The molecule has 0 aromatic heterocycles. The predicted molar refractivity (Wildman–Crippen MR) is 47.1 cm³/mol. The molecule has 0 atom stereocenters. The Bertz CT molecular complexity index is 193. The minimum Gasteiger partial charge on any atom is -1.00 e. The molecule has 1 fully saturated rings. The first kappa shape index (κ1) is 17.3. The van der Waals surface area contributed by atoms with E-state index in [2.05, 4.69) is 18.2 Å². The van der Waals surface area contributed by atoms with E-state index in [4.69, 9.17) is 0 Å². The van der Waals surface area contributed by atoms with Gasteiger partial charge < -0.3 is 24.8 Å². The summed E-state index contributed by atoms with van der Waals surface area (Å²) < 4.78 is 0. The molecule has 0 aromatic carbocycles. The van der Waals surface area contributed by atoms with Crippen molar-refractivity contribution in [3.63, 3.8) is 0 Å². The van der Waals surface area contributed by atoms with Gasteiger partial charge in [-0.1, -0.05) is 19.3 Å². The van der Waals surface area contributed by atoms with Crippen LogP contribution in [0.3, 0.4) is 0 Å². The van der Waals surface area contributed by atoms with Crippen LogP contribution in [-0.4, -0.2) is 0 Å². The Morgan fingerprint density at radius 3 is 2.21 bits per heavy atom. The number of halogens is 2. The molecule has 0 amide bonds. The molecule has 1 saturated carbocycles. The standard InChI is InChI=1S/C11H15.2ClH.Hf/c1-2-6-10(7-3-1)11-8-4-5-9-11;;;/h4,8,10H,1-3,5-7H2;2*1H;/q-1;;;/p-2. The SMILES string of the molecule is [C-]1=C(C2CCCCC2)C=CC1.[Cl-].[Cl-].[Hf]. The number of hydrogen-bond acceptors (Lipinski definition) is 0. The Hall–Kier alpha value is 0.930. The van der Waals surface area contributed by atoms with Crippen LogP contribution in [0.2, 0.25) is 0 Å². The van der Waals surface area contributed by atoms with E-state index in [1.54, 1.807) is 0 Å². The van der Waals surface area contributed by atoms with E-state index in [1.165, 1.54) is 37.7 Å². The van der Waals surface area contributed by atoms with Crippen molar-refractivity contribution in [3.8, 4) is 0 Å². The maximum absolute atomic E-state index is 3.43. The summed E-state index contributed by atoms with van der Waals surface area (Å²) in [6, 6.07) is 0. The zero-order chi connectivity index (χ0) is 7.52. The topological polar surface area (TPSA) is 0 Å². The van der Waals surface area contributed by atoms with Crippen LogP contribution in [0.25, 0.3) is 0 Å². The largest absolute Gasteiger partial charge is 1.00 e. The van der Waals surface area contributed by atoms with Gasteiger partial charge in [0.1, 0.15) is 0 Å². The van der Waals surface area contributed by atoms with Gasteiger partial charge in [-0.3, -0.25) is 6.08 Å². The summed E-state index contributed by atoms with van der Waals surface area (Å²) in [6.07, 6.45) is 16.1. The van der Waals surface area contributed by atoms with E-state index in [1.807, 2.05) is 0 Å². The zero-order valence-corrected chi connectivity index (χ0v) is 13.3. The van der Waals surface area contributed by atoms with E-state index in [0.29, 0.717) is 0 Å². The molecule has 0 nitrogen and oxygen atoms in total. The van der Waals surface area contributed by atoms with Crippen molar-refractivity contribution in [3.05, 3.63) is 23.8 Å². The molecule has 0 unspecified atom stereocenters. The second-order valence-electron chi connectivity index (χ2n) is 3.57. The van der Waals surface area contributed by atoms with Crippen molar-refractivity contribution in [2.45, 2.75) is 38.5 Å². The van der Waals surface area contributed by atoms with E-state index >= 15 is 0 Å². The van der Waals surface area contributed by atoms with Crippen LogP contribution < -0.4 is 24.8 Å². The van der Waals surface area contributed by atoms with Gasteiger partial charge in [-0.25, -0.2) is 11.6 Å². The van der Waals surface area contributed by atoms with Crippen molar-refractivity contribution in [2.24, 2.45) is 5.92 Å². The predicted octanol–water partition coefficient (Wildman–Crippen LogP) is -2.74. The van der Waals surface area contributed by atoms with E-state index < -0.39 is 0 Å². The summed E-state index contributed by atoms with van der Waals surface area (Å²) in [4.78, 5) is 0. The molecule has 0 aromatic rings. The molecule has 2 aliphatic carbocycles. The summed E-state index contributed by atoms with van der Waals surface area (Å²) in [6.45, 7) is 0. The second-order valence-corrected chi connectivity index (χ2v) is 3.57. The molecular weight excluding hydrogens is 382 g/mol. The van der Waals surface area contributed by atoms with Crippen LogP contribution in [0, 0.1) is 12.0 Å². The smallest absolute Gasteiger partial charge is 0 e. The molecule has 0 bridgehead atoms. The Labute approximate surface area is 118 Å². The van der Waals surface area contributed by atoms with Gasteiger partial charge in [0.05, 0.1) is 0 Å². The Morgan fingerprint density at radius 1 is 1.07 bits per heavy atom. The first-order valence-electron chi connectivity index (χ1n) is 4.74. The van der Waals surface area contributed by atoms with Gasteiger partial charge in [-0.15, -0.1) is 6.42 Å². The van der Waals surface area contributed by atoms with Crippen LogP contribution in [0.4, 0.5) is 0 Å². The fourth-order valence-electron chi connectivity index (χ4n) is 2.12.